The average molecular weight is 225 g/mol. The Balaban J connectivity index is 2.51. The molecule has 5 heteroatoms. The van der Waals surface area contributed by atoms with E-state index in [1.54, 1.807) is 18.7 Å². The van der Waals surface area contributed by atoms with Crippen molar-refractivity contribution in [2.45, 2.75) is 0 Å². The molecule has 0 amide bonds. The molecule has 0 radical (unpaired) electrons. The van der Waals surface area contributed by atoms with E-state index in [1.165, 1.54) is 0 Å². The lowest BCUT2D eigenvalue weighted by molar-refractivity contribution is 1.01. The van der Waals surface area contributed by atoms with Crippen molar-refractivity contribution >= 4 is 15.9 Å². The van der Waals surface area contributed by atoms with Gasteiger partial charge in [-0.15, -0.1) is 10.2 Å². The molecule has 4 nitrogen and oxygen atoms in total. The highest BCUT2D eigenvalue weighted by Gasteiger charge is 2.00. The van der Waals surface area contributed by atoms with Gasteiger partial charge in [0.05, 0.1) is 5.69 Å². The SMILES string of the molecule is Brc1nncn1-c1ccncc1. The van der Waals surface area contributed by atoms with Gasteiger partial charge in [0.25, 0.3) is 0 Å². The Bertz CT molecular complexity index is 370. The zero-order valence-electron chi connectivity index (χ0n) is 6.05. The Morgan fingerprint density at radius 2 is 2.00 bits per heavy atom. The van der Waals surface area contributed by atoms with Crippen molar-refractivity contribution in [1.29, 1.82) is 0 Å². The molecule has 2 aromatic rings. The van der Waals surface area contributed by atoms with Gasteiger partial charge in [-0.3, -0.25) is 9.55 Å². The topological polar surface area (TPSA) is 43.6 Å². The maximum atomic E-state index is 3.92. The lowest BCUT2D eigenvalue weighted by Gasteiger charge is -1.99. The van der Waals surface area contributed by atoms with Gasteiger partial charge < -0.3 is 0 Å². The van der Waals surface area contributed by atoms with Crippen LogP contribution >= 0.6 is 15.9 Å². The highest BCUT2D eigenvalue weighted by Crippen LogP contribution is 2.11. The monoisotopic (exact) mass is 224 g/mol. The molecular weight excluding hydrogens is 220 g/mol. The first-order valence-corrected chi connectivity index (χ1v) is 4.13. The minimum atomic E-state index is 0.689. The van der Waals surface area contributed by atoms with E-state index >= 15 is 0 Å². The molecule has 2 rings (SSSR count). The zero-order chi connectivity index (χ0) is 8.39. The fourth-order valence-electron chi connectivity index (χ4n) is 0.899. The molecule has 0 bridgehead atoms. The van der Waals surface area contributed by atoms with E-state index < -0.39 is 0 Å². The van der Waals surface area contributed by atoms with Crippen LogP contribution in [0.25, 0.3) is 5.69 Å². The van der Waals surface area contributed by atoms with Crippen LogP contribution in [-0.4, -0.2) is 19.7 Å². The largest absolute Gasteiger partial charge is 0.276 e. The van der Waals surface area contributed by atoms with Gasteiger partial charge in [0.1, 0.15) is 6.33 Å². The molecule has 0 saturated carbocycles. The van der Waals surface area contributed by atoms with Crippen LogP contribution in [-0.2, 0) is 0 Å². The lowest BCUT2D eigenvalue weighted by Crippen LogP contribution is -1.91. The molecule has 60 valence electrons. The highest BCUT2D eigenvalue weighted by molar-refractivity contribution is 9.10. The summed E-state index contributed by atoms with van der Waals surface area (Å²) in [5.41, 5.74) is 0.988. The van der Waals surface area contributed by atoms with Crippen molar-refractivity contribution in [3.8, 4) is 5.69 Å². The molecule has 0 aliphatic rings. The summed E-state index contributed by atoms with van der Waals surface area (Å²) in [6.45, 7) is 0. The Morgan fingerprint density at radius 3 is 2.58 bits per heavy atom. The van der Waals surface area contributed by atoms with Crippen molar-refractivity contribution in [3.05, 3.63) is 35.6 Å². The number of halogens is 1. The number of aromatic nitrogens is 4. The molecule has 0 fully saturated rings. The number of pyridine rings is 1. The van der Waals surface area contributed by atoms with Crippen LogP contribution in [0, 0.1) is 0 Å². The van der Waals surface area contributed by atoms with Crippen LogP contribution in [0.3, 0.4) is 0 Å². The first kappa shape index (κ1) is 7.42. The molecule has 0 atom stereocenters. The molecule has 0 spiro atoms. The third-order valence-electron chi connectivity index (χ3n) is 1.45. The summed E-state index contributed by atoms with van der Waals surface area (Å²) in [5.74, 6) is 0. The molecule has 2 aromatic heterocycles. The second-order valence-corrected chi connectivity index (χ2v) is 2.88. The first-order chi connectivity index (χ1) is 5.88. The van der Waals surface area contributed by atoms with Crippen LogP contribution in [0.2, 0.25) is 0 Å². The smallest absolute Gasteiger partial charge is 0.204 e. The Hall–Kier alpha value is -1.23. The summed E-state index contributed by atoms with van der Waals surface area (Å²) < 4.78 is 2.51. The van der Waals surface area contributed by atoms with E-state index in [0.717, 1.165) is 5.69 Å². The van der Waals surface area contributed by atoms with Crippen molar-refractivity contribution in [1.82, 2.24) is 19.7 Å². The summed E-state index contributed by atoms with van der Waals surface area (Å²) in [7, 11) is 0. The predicted octanol–water partition coefficient (Wildman–Crippen LogP) is 1.42. The van der Waals surface area contributed by atoms with Crippen molar-refractivity contribution in [2.24, 2.45) is 0 Å². The maximum absolute atomic E-state index is 3.92. The van der Waals surface area contributed by atoms with Gasteiger partial charge in [-0.05, 0) is 28.1 Å². The van der Waals surface area contributed by atoms with E-state index in [1.807, 2.05) is 16.7 Å². The minimum absolute atomic E-state index is 0.689. The molecular formula is C7H5BrN4. The second-order valence-electron chi connectivity index (χ2n) is 2.18. The van der Waals surface area contributed by atoms with Crippen LogP contribution in [0.15, 0.2) is 35.6 Å². The lowest BCUT2D eigenvalue weighted by atomic mass is 10.4. The van der Waals surface area contributed by atoms with Crippen LogP contribution < -0.4 is 0 Å². The van der Waals surface area contributed by atoms with Gasteiger partial charge in [0, 0.05) is 12.4 Å². The molecule has 0 aliphatic heterocycles. The van der Waals surface area contributed by atoms with Gasteiger partial charge in [0.15, 0.2) is 0 Å². The van der Waals surface area contributed by atoms with Gasteiger partial charge in [0.2, 0.25) is 4.73 Å². The first-order valence-electron chi connectivity index (χ1n) is 3.34. The number of hydrogen-bond donors (Lipinski definition) is 0. The Labute approximate surface area is 77.4 Å². The molecule has 12 heavy (non-hydrogen) atoms. The quantitative estimate of drug-likeness (QED) is 0.737. The molecule has 0 saturated heterocycles. The molecule has 0 aliphatic carbocycles. The fraction of sp³-hybridized carbons (Fsp3) is 0. The van der Waals surface area contributed by atoms with Crippen LogP contribution in [0.4, 0.5) is 0 Å². The Kier molecular flexibility index (Phi) is 1.87. The summed E-state index contributed by atoms with van der Waals surface area (Å²) >= 11 is 3.27. The van der Waals surface area contributed by atoms with Crippen molar-refractivity contribution in [2.75, 3.05) is 0 Å². The van der Waals surface area contributed by atoms with E-state index in [0.29, 0.717) is 4.73 Å². The van der Waals surface area contributed by atoms with Gasteiger partial charge in [-0.2, -0.15) is 0 Å². The molecule has 0 N–H and O–H groups in total. The summed E-state index contributed by atoms with van der Waals surface area (Å²) in [6, 6.07) is 3.77. The second kappa shape index (κ2) is 3.02. The normalized spacial score (nSPS) is 10.1. The summed E-state index contributed by atoms with van der Waals surface area (Å²) in [4.78, 5) is 3.92. The third kappa shape index (κ3) is 1.23. The highest BCUT2D eigenvalue weighted by atomic mass is 79.9. The van der Waals surface area contributed by atoms with Gasteiger partial charge in [-0.1, -0.05) is 0 Å². The van der Waals surface area contributed by atoms with Crippen LogP contribution in [0.5, 0.6) is 0 Å². The van der Waals surface area contributed by atoms with Crippen molar-refractivity contribution < 1.29 is 0 Å². The standard InChI is InChI=1S/C7H5BrN4/c8-7-11-10-5-12(7)6-1-3-9-4-2-6/h1-5H. The van der Waals surface area contributed by atoms with E-state index in [2.05, 4.69) is 31.1 Å². The number of hydrogen-bond acceptors (Lipinski definition) is 3. The van der Waals surface area contributed by atoms with Crippen LogP contribution in [0.1, 0.15) is 0 Å². The number of nitrogens with zero attached hydrogens (tertiary/aromatic N) is 4. The predicted molar refractivity (Wildman–Crippen MR) is 46.9 cm³/mol. The van der Waals surface area contributed by atoms with E-state index in [4.69, 9.17) is 0 Å². The third-order valence-corrected chi connectivity index (χ3v) is 1.99. The summed E-state index contributed by atoms with van der Waals surface area (Å²) in [5, 5.41) is 7.55. The molecule has 0 unspecified atom stereocenters. The van der Waals surface area contributed by atoms with E-state index in [-0.39, 0.29) is 0 Å². The average Bonchev–Trinajstić information content (AvgIpc) is 2.53. The van der Waals surface area contributed by atoms with Gasteiger partial charge in [-0.25, -0.2) is 0 Å². The minimum Gasteiger partial charge on any atom is -0.276 e. The van der Waals surface area contributed by atoms with Gasteiger partial charge >= 0.3 is 0 Å². The maximum Gasteiger partial charge on any atom is 0.204 e. The van der Waals surface area contributed by atoms with Crippen molar-refractivity contribution in [3.63, 3.8) is 0 Å². The Morgan fingerprint density at radius 1 is 1.25 bits per heavy atom. The molecule has 2 heterocycles. The molecule has 0 aromatic carbocycles. The fourth-order valence-corrected chi connectivity index (χ4v) is 1.29. The number of rotatable bonds is 1. The van der Waals surface area contributed by atoms with E-state index in [9.17, 15) is 0 Å². The zero-order valence-corrected chi connectivity index (χ0v) is 7.64. The summed E-state index contributed by atoms with van der Waals surface area (Å²) in [6.07, 6.45) is 5.09.